The van der Waals surface area contributed by atoms with Gasteiger partial charge < -0.3 is 9.47 Å². The largest absolute Gasteiger partial charge is 0.480 e. The normalized spacial score (nSPS) is 9.50. The molecule has 0 saturated carbocycles. The quantitative estimate of drug-likeness (QED) is 0.872. The molecule has 2 amide bonds. The molecule has 11 heteroatoms. The number of ether oxygens (including phenoxy) is 2. The van der Waals surface area contributed by atoms with Crippen LogP contribution in [0, 0.1) is 0 Å². The standard InChI is InChI=1S/C7H7ClN4O5S/c1-16-5-3(8)4(10-7(11-5)17-2)9-6(13)12-18(14)15/h1-2H3,(H,9,10,11,13). The molecule has 1 N–H and O–H groups in total. The summed E-state index contributed by atoms with van der Waals surface area (Å²) in [5.74, 6) is -0.221. The Bertz CT molecular complexity index is 594. The number of methoxy groups -OCH3 is 2. The monoisotopic (exact) mass is 294 g/mol. The predicted octanol–water partition coefficient (Wildman–Crippen LogP) is 0.742. The van der Waals surface area contributed by atoms with Crippen molar-refractivity contribution in [2.45, 2.75) is 0 Å². The zero-order valence-corrected chi connectivity index (χ0v) is 10.7. The van der Waals surface area contributed by atoms with Crippen LogP contribution in [0.4, 0.5) is 10.6 Å². The molecule has 1 rings (SSSR count). The van der Waals surface area contributed by atoms with E-state index < -0.39 is 16.5 Å². The maximum atomic E-state index is 11.1. The summed E-state index contributed by atoms with van der Waals surface area (Å²) in [5, 5.41) is 1.94. The number of hydrogen-bond donors (Lipinski definition) is 1. The lowest BCUT2D eigenvalue weighted by atomic mass is 10.5. The van der Waals surface area contributed by atoms with Gasteiger partial charge in [0.1, 0.15) is 5.02 Å². The van der Waals surface area contributed by atoms with Gasteiger partial charge in [-0.05, 0) is 0 Å². The Balaban J connectivity index is 3.15. The van der Waals surface area contributed by atoms with E-state index in [0.29, 0.717) is 0 Å². The minimum absolute atomic E-state index is 0.0398. The van der Waals surface area contributed by atoms with Crippen molar-refractivity contribution in [3.05, 3.63) is 5.02 Å². The Morgan fingerprint density at radius 1 is 1.33 bits per heavy atom. The average Bonchev–Trinajstić information content (AvgIpc) is 2.30. The van der Waals surface area contributed by atoms with Crippen molar-refractivity contribution >= 4 is 34.0 Å². The highest BCUT2D eigenvalue weighted by atomic mass is 35.5. The van der Waals surface area contributed by atoms with Crippen LogP contribution in [0.15, 0.2) is 4.36 Å². The third kappa shape index (κ3) is 3.53. The molecular formula is C7H7ClN4O5S. The third-order valence-corrected chi connectivity index (χ3v) is 2.21. The van der Waals surface area contributed by atoms with Gasteiger partial charge in [-0.1, -0.05) is 16.0 Å². The van der Waals surface area contributed by atoms with E-state index >= 15 is 0 Å². The van der Waals surface area contributed by atoms with E-state index in [1.807, 2.05) is 5.32 Å². The number of rotatable bonds is 3. The Morgan fingerprint density at radius 2 is 2.00 bits per heavy atom. The Hall–Kier alpha value is -1.94. The number of amides is 2. The van der Waals surface area contributed by atoms with Crippen molar-refractivity contribution < 1.29 is 22.7 Å². The number of hydrogen-bond acceptors (Lipinski definition) is 7. The maximum absolute atomic E-state index is 11.1. The molecule has 0 spiro atoms. The van der Waals surface area contributed by atoms with E-state index in [1.54, 1.807) is 0 Å². The molecule has 9 nitrogen and oxygen atoms in total. The summed E-state index contributed by atoms with van der Waals surface area (Å²) < 4.78 is 32.6. The maximum Gasteiger partial charge on any atom is 0.361 e. The lowest BCUT2D eigenvalue weighted by molar-refractivity contribution is 0.260. The number of aromatic nitrogens is 2. The molecule has 0 saturated heterocycles. The van der Waals surface area contributed by atoms with Crippen molar-refractivity contribution in [1.29, 1.82) is 0 Å². The molecule has 0 aliphatic heterocycles. The fraction of sp³-hybridized carbons (Fsp3) is 0.286. The number of halogens is 1. The Kier molecular flexibility index (Phi) is 4.80. The summed E-state index contributed by atoms with van der Waals surface area (Å²) in [7, 11) is -0.277. The minimum Gasteiger partial charge on any atom is -0.480 e. The number of anilines is 1. The van der Waals surface area contributed by atoms with Crippen molar-refractivity contribution in [2.24, 2.45) is 4.36 Å². The highest BCUT2D eigenvalue weighted by Gasteiger charge is 2.15. The molecule has 0 unspecified atom stereocenters. The van der Waals surface area contributed by atoms with E-state index in [2.05, 4.69) is 14.3 Å². The first-order chi connectivity index (χ1) is 8.47. The molecule has 1 aromatic rings. The predicted molar refractivity (Wildman–Crippen MR) is 60.5 cm³/mol. The zero-order chi connectivity index (χ0) is 13.7. The number of nitrogens with one attached hydrogen (secondary N) is 1. The van der Waals surface area contributed by atoms with E-state index in [1.165, 1.54) is 14.2 Å². The summed E-state index contributed by atoms with van der Waals surface area (Å²) in [6.45, 7) is 0. The van der Waals surface area contributed by atoms with Crippen LogP contribution in [-0.2, 0) is 10.5 Å². The molecule has 98 valence electrons. The molecule has 0 aliphatic rings. The number of nitrogens with zero attached hydrogens (tertiary/aromatic N) is 3. The number of carbonyl (C=O) groups is 1. The topological polar surface area (TPSA) is 120 Å². The van der Waals surface area contributed by atoms with Gasteiger partial charge >= 0.3 is 22.5 Å². The first kappa shape index (κ1) is 14.1. The van der Waals surface area contributed by atoms with Gasteiger partial charge in [-0.15, -0.1) is 0 Å². The average molecular weight is 295 g/mol. The van der Waals surface area contributed by atoms with Gasteiger partial charge in [0, 0.05) is 0 Å². The van der Waals surface area contributed by atoms with Crippen molar-refractivity contribution in [3.8, 4) is 11.9 Å². The second-order valence-corrected chi connectivity index (χ2v) is 3.62. The molecule has 1 heterocycles. The van der Waals surface area contributed by atoms with Gasteiger partial charge in [-0.25, -0.2) is 4.79 Å². The van der Waals surface area contributed by atoms with Crippen LogP contribution in [0.5, 0.6) is 11.9 Å². The van der Waals surface area contributed by atoms with Crippen molar-refractivity contribution in [3.63, 3.8) is 0 Å². The van der Waals surface area contributed by atoms with Gasteiger partial charge in [-0.2, -0.15) is 18.4 Å². The Labute approximate surface area is 108 Å². The second kappa shape index (κ2) is 6.12. The van der Waals surface area contributed by atoms with Crippen LogP contribution < -0.4 is 14.8 Å². The van der Waals surface area contributed by atoms with Gasteiger partial charge in [0.15, 0.2) is 5.82 Å². The van der Waals surface area contributed by atoms with Crippen LogP contribution in [0.2, 0.25) is 5.02 Å². The summed E-state index contributed by atoms with van der Waals surface area (Å²) in [4.78, 5) is 18.6. The van der Waals surface area contributed by atoms with Crippen LogP contribution in [0.25, 0.3) is 0 Å². The molecule has 1 aromatic heterocycles. The van der Waals surface area contributed by atoms with Crippen LogP contribution in [-0.4, -0.2) is 38.6 Å². The van der Waals surface area contributed by atoms with Crippen molar-refractivity contribution in [1.82, 2.24) is 9.97 Å². The smallest absolute Gasteiger partial charge is 0.361 e. The van der Waals surface area contributed by atoms with Crippen LogP contribution >= 0.6 is 11.6 Å². The first-order valence-corrected chi connectivity index (χ1v) is 5.66. The lowest BCUT2D eigenvalue weighted by Crippen LogP contribution is -2.10. The molecule has 0 bridgehead atoms. The lowest BCUT2D eigenvalue weighted by Gasteiger charge is -2.08. The van der Waals surface area contributed by atoms with E-state index in [9.17, 15) is 13.2 Å². The molecule has 0 aromatic carbocycles. The highest BCUT2D eigenvalue weighted by molar-refractivity contribution is 7.62. The summed E-state index contributed by atoms with van der Waals surface area (Å²) in [6.07, 6.45) is 0. The minimum atomic E-state index is -2.88. The Morgan fingerprint density at radius 3 is 2.50 bits per heavy atom. The van der Waals surface area contributed by atoms with Gasteiger partial charge in [0.2, 0.25) is 5.88 Å². The SMILES string of the molecule is COc1nc(NC(=O)N=S(=O)=O)c(Cl)c(OC)n1. The summed E-state index contributed by atoms with van der Waals surface area (Å²) in [6, 6.07) is -1.28. The van der Waals surface area contributed by atoms with Gasteiger partial charge in [0.05, 0.1) is 14.2 Å². The van der Waals surface area contributed by atoms with Gasteiger partial charge in [-0.3, -0.25) is 5.32 Å². The van der Waals surface area contributed by atoms with Crippen molar-refractivity contribution in [2.75, 3.05) is 19.5 Å². The van der Waals surface area contributed by atoms with E-state index in [-0.39, 0.29) is 22.7 Å². The zero-order valence-electron chi connectivity index (χ0n) is 9.17. The second-order valence-electron chi connectivity index (χ2n) is 2.62. The first-order valence-electron chi connectivity index (χ1n) is 4.25. The molecule has 0 fully saturated rings. The fourth-order valence-corrected chi connectivity index (χ4v) is 1.30. The van der Waals surface area contributed by atoms with E-state index in [4.69, 9.17) is 21.1 Å². The molecule has 0 radical (unpaired) electrons. The number of urea groups is 1. The molecule has 0 aliphatic carbocycles. The third-order valence-electron chi connectivity index (χ3n) is 1.56. The van der Waals surface area contributed by atoms with Crippen LogP contribution in [0.1, 0.15) is 0 Å². The van der Waals surface area contributed by atoms with Gasteiger partial charge in [0.25, 0.3) is 0 Å². The molecular weight excluding hydrogens is 288 g/mol. The number of carbonyl (C=O) groups excluding carboxylic acids is 1. The fourth-order valence-electron chi connectivity index (χ4n) is 0.908. The summed E-state index contributed by atoms with van der Waals surface area (Å²) >= 11 is 5.80. The highest BCUT2D eigenvalue weighted by Crippen LogP contribution is 2.30. The summed E-state index contributed by atoms with van der Waals surface area (Å²) in [5.41, 5.74) is 0. The molecule has 18 heavy (non-hydrogen) atoms. The van der Waals surface area contributed by atoms with E-state index in [0.717, 1.165) is 0 Å². The molecule has 0 atom stereocenters. The van der Waals surface area contributed by atoms with Crippen LogP contribution in [0.3, 0.4) is 0 Å².